The van der Waals surface area contributed by atoms with Gasteiger partial charge in [0.1, 0.15) is 0 Å². The van der Waals surface area contributed by atoms with Gasteiger partial charge in [0.25, 0.3) is 0 Å². The van der Waals surface area contributed by atoms with Crippen molar-refractivity contribution in [2.75, 3.05) is 17.6 Å². The van der Waals surface area contributed by atoms with E-state index in [0.717, 1.165) is 24.1 Å². The van der Waals surface area contributed by atoms with E-state index in [9.17, 15) is 9.50 Å². The first-order valence-corrected chi connectivity index (χ1v) is 11.1. The van der Waals surface area contributed by atoms with Crippen LogP contribution in [0.2, 0.25) is 0 Å². The van der Waals surface area contributed by atoms with Crippen molar-refractivity contribution >= 4 is 23.4 Å². The summed E-state index contributed by atoms with van der Waals surface area (Å²) in [6, 6.07) is 7.65. The van der Waals surface area contributed by atoms with Gasteiger partial charge in [0, 0.05) is 16.7 Å². The van der Waals surface area contributed by atoms with E-state index >= 15 is 0 Å². The van der Waals surface area contributed by atoms with Crippen molar-refractivity contribution < 1.29 is 9.50 Å². The highest BCUT2D eigenvalue weighted by Crippen LogP contribution is 2.56. The first kappa shape index (κ1) is 18.3. The summed E-state index contributed by atoms with van der Waals surface area (Å²) in [5.41, 5.74) is 8.25. The number of anilines is 2. The predicted molar refractivity (Wildman–Crippen MR) is 109 cm³/mol. The van der Waals surface area contributed by atoms with Crippen LogP contribution in [0.25, 0.3) is 0 Å². The SMILES string of the molecule is NC[C@H]1[C@H]2C[C@H]3[C@H]1Cc1nc(ncc1F)Nc1cccc(c1)C(O)CS[C@@H]3C2. The minimum absolute atomic E-state index is 0.343. The van der Waals surface area contributed by atoms with Crippen molar-refractivity contribution in [2.45, 2.75) is 30.6 Å². The molecule has 6 atom stereocenters. The molecule has 0 saturated heterocycles. The van der Waals surface area contributed by atoms with Crippen molar-refractivity contribution in [3.05, 3.63) is 47.5 Å². The van der Waals surface area contributed by atoms with E-state index in [1.54, 1.807) is 0 Å². The molecular formula is C21H25FN4OS. The maximum absolute atomic E-state index is 14.5. The Morgan fingerprint density at radius 3 is 3.04 bits per heavy atom. The van der Waals surface area contributed by atoms with Crippen LogP contribution in [-0.4, -0.2) is 32.6 Å². The lowest BCUT2D eigenvalue weighted by molar-refractivity contribution is 0.202. The topological polar surface area (TPSA) is 84.1 Å². The monoisotopic (exact) mass is 400 g/mol. The molecule has 4 N–H and O–H groups in total. The van der Waals surface area contributed by atoms with Crippen LogP contribution in [0, 0.1) is 29.5 Å². The maximum atomic E-state index is 14.5. The Hall–Kier alpha value is -1.70. The minimum atomic E-state index is -0.512. The third-order valence-corrected chi connectivity index (χ3v) is 8.28. The number of fused-ring (bicyclic) bond motifs is 5. The Morgan fingerprint density at radius 1 is 1.29 bits per heavy atom. The molecule has 5 rings (SSSR count). The zero-order chi connectivity index (χ0) is 19.3. The predicted octanol–water partition coefficient (Wildman–Crippen LogP) is 3.28. The van der Waals surface area contributed by atoms with Gasteiger partial charge in [-0.25, -0.2) is 14.4 Å². The Labute approximate surface area is 168 Å². The van der Waals surface area contributed by atoms with Gasteiger partial charge in [0.2, 0.25) is 5.95 Å². The highest BCUT2D eigenvalue weighted by molar-refractivity contribution is 7.99. The summed E-state index contributed by atoms with van der Waals surface area (Å²) in [6.45, 7) is 0.647. The molecule has 5 nitrogen and oxygen atoms in total. The van der Waals surface area contributed by atoms with Crippen LogP contribution in [0.3, 0.4) is 0 Å². The highest BCUT2D eigenvalue weighted by atomic mass is 32.2. The van der Waals surface area contributed by atoms with Crippen LogP contribution in [0.4, 0.5) is 16.0 Å². The van der Waals surface area contributed by atoms with E-state index < -0.39 is 6.10 Å². The molecule has 0 radical (unpaired) electrons. The van der Waals surface area contributed by atoms with Crippen molar-refractivity contribution in [1.29, 1.82) is 0 Å². The van der Waals surface area contributed by atoms with Gasteiger partial charge >= 0.3 is 0 Å². The first-order chi connectivity index (χ1) is 13.6. The Balaban J connectivity index is 1.54. The second-order valence-corrected chi connectivity index (χ2v) is 9.56. The summed E-state index contributed by atoms with van der Waals surface area (Å²) >= 11 is 1.86. The number of nitrogens with zero attached hydrogens (tertiary/aromatic N) is 2. The van der Waals surface area contributed by atoms with Gasteiger partial charge in [-0.2, -0.15) is 11.8 Å². The van der Waals surface area contributed by atoms with E-state index in [1.165, 1.54) is 6.20 Å². The number of aliphatic hydroxyl groups is 1. The second kappa shape index (κ2) is 7.28. The number of hydrogen-bond donors (Lipinski definition) is 3. The highest BCUT2D eigenvalue weighted by Gasteiger charge is 2.52. The maximum Gasteiger partial charge on any atom is 0.227 e. The van der Waals surface area contributed by atoms with Gasteiger partial charge in [-0.1, -0.05) is 12.1 Å². The van der Waals surface area contributed by atoms with Crippen LogP contribution in [0.5, 0.6) is 0 Å². The Morgan fingerprint density at radius 2 is 2.18 bits per heavy atom. The lowest BCUT2D eigenvalue weighted by Gasteiger charge is -2.35. The second-order valence-electron chi connectivity index (χ2n) is 8.29. The average Bonchev–Trinajstić information content (AvgIpc) is 3.26. The molecule has 7 heteroatoms. The molecule has 0 amide bonds. The smallest absolute Gasteiger partial charge is 0.227 e. The summed E-state index contributed by atoms with van der Waals surface area (Å²) in [5.74, 6) is 2.61. The number of hydrogen-bond acceptors (Lipinski definition) is 6. The number of rotatable bonds is 1. The van der Waals surface area contributed by atoms with Gasteiger partial charge < -0.3 is 16.2 Å². The lowest BCUT2D eigenvalue weighted by atomic mass is 9.76. The zero-order valence-electron chi connectivity index (χ0n) is 15.6. The molecule has 2 saturated carbocycles. The van der Waals surface area contributed by atoms with Crippen LogP contribution in [-0.2, 0) is 6.42 Å². The fourth-order valence-corrected chi connectivity index (χ4v) is 7.06. The van der Waals surface area contributed by atoms with Gasteiger partial charge in [0.15, 0.2) is 5.82 Å². The molecule has 1 aromatic heterocycles. The third kappa shape index (κ3) is 3.19. The summed E-state index contributed by atoms with van der Waals surface area (Å²) in [7, 11) is 0. The fraction of sp³-hybridized carbons (Fsp3) is 0.524. The van der Waals surface area contributed by atoms with Crippen LogP contribution < -0.4 is 11.1 Å². The fourth-order valence-electron chi connectivity index (χ4n) is 5.49. The molecule has 1 aliphatic heterocycles. The van der Waals surface area contributed by atoms with Crippen LogP contribution in [0.15, 0.2) is 30.5 Å². The minimum Gasteiger partial charge on any atom is -0.388 e. The lowest BCUT2D eigenvalue weighted by Crippen LogP contribution is -2.36. The third-order valence-electron chi connectivity index (χ3n) is 6.81. The van der Waals surface area contributed by atoms with Crippen molar-refractivity contribution in [2.24, 2.45) is 29.4 Å². The van der Waals surface area contributed by atoms with Crippen LogP contribution in [0.1, 0.15) is 30.2 Å². The van der Waals surface area contributed by atoms with E-state index in [2.05, 4.69) is 15.3 Å². The summed E-state index contributed by atoms with van der Waals surface area (Å²) in [4.78, 5) is 8.60. The molecule has 1 unspecified atom stereocenters. The van der Waals surface area contributed by atoms with E-state index in [-0.39, 0.29) is 5.82 Å². The van der Waals surface area contributed by atoms with Gasteiger partial charge in [-0.3, -0.25) is 0 Å². The van der Waals surface area contributed by atoms with E-state index in [0.29, 0.717) is 59.3 Å². The normalized spacial score (nSPS) is 34.0. The van der Waals surface area contributed by atoms with E-state index in [4.69, 9.17) is 5.73 Å². The number of aliphatic hydroxyl groups excluding tert-OH is 1. The molecule has 2 fully saturated rings. The largest absolute Gasteiger partial charge is 0.388 e. The number of nitrogens with one attached hydrogen (secondary N) is 1. The first-order valence-electron chi connectivity index (χ1n) is 10.0. The summed E-state index contributed by atoms with van der Waals surface area (Å²) in [6.07, 6.45) is 3.66. The van der Waals surface area contributed by atoms with Gasteiger partial charge in [-0.15, -0.1) is 0 Å². The average molecular weight is 401 g/mol. The quantitative estimate of drug-likeness (QED) is 0.681. The molecular weight excluding hydrogens is 375 g/mol. The number of halogens is 1. The van der Waals surface area contributed by atoms with Gasteiger partial charge in [-0.05, 0) is 67.2 Å². The molecule has 1 aromatic carbocycles. The summed E-state index contributed by atoms with van der Waals surface area (Å²) < 4.78 is 14.5. The van der Waals surface area contributed by atoms with Crippen molar-refractivity contribution in [3.63, 3.8) is 0 Å². The molecule has 28 heavy (non-hydrogen) atoms. The molecule has 2 aliphatic carbocycles. The van der Waals surface area contributed by atoms with Crippen molar-refractivity contribution in [3.8, 4) is 0 Å². The van der Waals surface area contributed by atoms with Crippen molar-refractivity contribution in [1.82, 2.24) is 9.97 Å². The number of thioether (sulfide) groups is 1. The Bertz CT molecular complexity index is 881. The molecule has 3 aliphatic rings. The van der Waals surface area contributed by atoms with E-state index in [1.807, 2.05) is 36.0 Å². The molecule has 6 bridgehead atoms. The number of aromatic nitrogens is 2. The molecule has 0 spiro atoms. The number of nitrogens with two attached hydrogens (primary N) is 1. The van der Waals surface area contributed by atoms with Crippen LogP contribution >= 0.6 is 11.8 Å². The molecule has 2 aromatic rings. The Kier molecular flexibility index (Phi) is 4.77. The molecule has 148 valence electrons. The van der Waals surface area contributed by atoms with Gasteiger partial charge in [0.05, 0.1) is 18.0 Å². The molecule has 2 heterocycles. The summed E-state index contributed by atoms with van der Waals surface area (Å²) in [5, 5.41) is 14.4. The zero-order valence-corrected chi connectivity index (χ0v) is 16.4. The standard InChI is InChI=1S/C21H25FN4OS/c22-17-9-24-21-25-13-3-1-2-11(4-13)19(27)10-28-20-6-12-5-15(20)14(16(12)8-23)7-18(17)26-21/h1-4,9,12,14-16,19-20,27H,5-8,10,23H2,(H,24,25,26)/t12-,14+,15-,16-,19?,20+/m0/s1. The number of benzene rings is 1.